The molecule has 1 aromatic heterocycles. The van der Waals surface area contributed by atoms with E-state index in [2.05, 4.69) is 9.97 Å². The number of nitrogens with zero attached hydrogens (tertiary/aromatic N) is 2. The maximum atomic E-state index is 12.8. The van der Waals surface area contributed by atoms with E-state index in [1.54, 1.807) is 0 Å². The van der Waals surface area contributed by atoms with Crippen LogP contribution in [0.5, 0.6) is 0 Å². The highest BCUT2D eigenvalue weighted by atomic mass is 19.4. The molecule has 1 fully saturated rings. The number of aromatic amines is 1. The molecule has 1 aromatic carbocycles. The van der Waals surface area contributed by atoms with Crippen LogP contribution < -0.4 is 0 Å². The summed E-state index contributed by atoms with van der Waals surface area (Å²) in [5, 5.41) is 0. The van der Waals surface area contributed by atoms with Crippen LogP contribution in [0.2, 0.25) is 0 Å². The number of halogens is 3. The normalized spacial score (nSPS) is 19.3. The molecular weight excluding hydrogens is 307 g/mol. The van der Waals surface area contributed by atoms with Gasteiger partial charge < -0.3 is 9.88 Å². The minimum absolute atomic E-state index is 0.108. The lowest BCUT2D eigenvalue weighted by molar-refractivity contribution is -0.188. The third-order valence-corrected chi connectivity index (χ3v) is 4.25. The molecule has 1 amide bonds. The van der Waals surface area contributed by atoms with Gasteiger partial charge in [-0.2, -0.15) is 13.2 Å². The number of amides is 1. The van der Waals surface area contributed by atoms with Crippen LogP contribution in [0.4, 0.5) is 13.2 Å². The first-order valence-electron chi connectivity index (χ1n) is 7.71. The molecule has 1 atom stereocenters. The van der Waals surface area contributed by atoms with E-state index in [1.165, 1.54) is 4.90 Å². The molecule has 7 heteroatoms. The van der Waals surface area contributed by atoms with Crippen molar-refractivity contribution in [2.75, 3.05) is 13.1 Å². The van der Waals surface area contributed by atoms with E-state index < -0.39 is 12.1 Å². The van der Waals surface area contributed by atoms with E-state index in [-0.39, 0.29) is 25.3 Å². The summed E-state index contributed by atoms with van der Waals surface area (Å²) in [7, 11) is 0. The number of para-hydroxylation sites is 2. The highest BCUT2D eigenvalue weighted by molar-refractivity contribution is 5.77. The van der Waals surface area contributed by atoms with E-state index in [4.69, 9.17) is 0 Å². The van der Waals surface area contributed by atoms with Gasteiger partial charge in [-0.15, -0.1) is 0 Å². The van der Waals surface area contributed by atoms with Crippen molar-refractivity contribution in [3.63, 3.8) is 0 Å². The molecule has 0 aliphatic carbocycles. The molecule has 2 heterocycles. The van der Waals surface area contributed by atoms with Gasteiger partial charge in [-0.25, -0.2) is 4.98 Å². The number of hydrogen-bond donors (Lipinski definition) is 1. The molecule has 1 aliphatic rings. The number of piperidine rings is 1. The number of carbonyl (C=O) groups is 1. The lowest BCUT2D eigenvalue weighted by Crippen LogP contribution is -2.44. The second kappa shape index (κ2) is 6.22. The van der Waals surface area contributed by atoms with Crippen LogP contribution in [-0.4, -0.2) is 40.0 Å². The molecule has 4 nitrogen and oxygen atoms in total. The van der Waals surface area contributed by atoms with Crippen LogP contribution in [0, 0.1) is 5.92 Å². The van der Waals surface area contributed by atoms with Crippen LogP contribution in [0.15, 0.2) is 24.3 Å². The molecule has 0 bridgehead atoms. The molecule has 0 spiro atoms. The molecule has 1 unspecified atom stereocenters. The number of rotatable bonds is 3. The topological polar surface area (TPSA) is 49.0 Å². The number of aromatic nitrogens is 2. The Bertz CT molecular complexity index is 662. The first-order valence-corrected chi connectivity index (χ1v) is 7.71. The summed E-state index contributed by atoms with van der Waals surface area (Å²) < 4.78 is 38.4. The predicted octanol–water partition coefficient (Wildman–Crippen LogP) is 3.30. The molecule has 124 valence electrons. The maximum absolute atomic E-state index is 12.8. The standard InChI is InChI=1S/C16H18F3N3O/c17-16(18,19)11-4-3-9-22(10-11)15(23)8-7-14-20-12-5-1-2-6-13(12)21-14/h1-2,5-6,11H,3-4,7-10H2,(H,20,21). The number of H-pyrrole nitrogens is 1. The van der Waals surface area contributed by atoms with E-state index in [9.17, 15) is 18.0 Å². The Hall–Kier alpha value is -2.05. The second-order valence-corrected chi connectivity index (χ2v) is 5.92. The molecule has 3 rings (SSSR count). The Labute approximate surface area is 131 Å². The Morgan fingerprint density at radius 2 is 2.13 bits per heavy atom. The number of nitrogens with one attached hydrogen (secondary N) is 1. The summed E-state index contributed by atoms with van der Waals surface area (Å²) in [5.41, 5.74) is 1.72. The van der Waals surface area contributed by atoms with Crippen LogP contribution >= 0.6 is 0 Å². The summed E-state index contributed by atoms with van der Waals surface area (Å²) in [6.45, 7) is 0.188. The van der Waals surface area contributed by atoms with Crippen LogP contribution in [0.1, 0.15) is 25.1 Å². The van der Waals surface area contributed by atoms with Crippen molar-refractivity contribution in [1.82, 2.24) is 14.9 Å². The highest BCUT2D eigenvalue weighted by Gasteiger charge is 2.42. The SMILES string of the molecule is O=C(CCc1nc2ccccc2[nH]1)N1CCCC(C(F)(F)F)C1. The molecule has 2 aromatic rings. The second-order valence-electron chi connectivity index (χ2n) is 5.92. The fourth-order valence-electron chi connectivity index (χ4n) is 2.98. The molecule has 1 N–H and O–H groups in total. The number of carbonyl (C=O) groups excluding carboxylic acids is 1. The number of fused-ring (bicyclic) bond motifs is 1. The van der Waals surface area contributed by atoms with Gasteiger partial charge in [-0.1, -0.05) is 12.1 Å². The third kappa shape index (κ3) is 3.65. The number of alkyl halides is 3. The zero-order valence-electron chi connectivity index (χ0n) is 12.6. The minimum atomic E-state index is -4.22. The highest BCUT2D eigenvalue weighted by Crippen LogP contribution is 2.33. The maximum Gasteiger partial charge on any atom is 0.393 e. The quantitative estimate of drug-likeness (QED) is 0.941. The lowest BCUT2D eigenvalue weighted by Gasteiger charge is -2.33. The number of likely N-dealkylation sites (tertiary alicyclic amines) is 1. The smallest absolute Gasteiger partial charge is 0.342 e. The number of imidazole rings is 1. The largest absolute Gasteiger partial charge is 0.393 e. The zero-order valence-corrected chi connectivity index (χ0v) is 12.6. The van der Waals surface area contributed by atoms with Gasteiger partial charge in [0.25, 0.3) is 0 Å². The van der Waals surface area contributed by atoms with E-state index in [0.717, 1.165) is 11.0 Å². The van der Waals surface area contributed by atoms with Gasteiger partial charge >= 0.3 is 6.18 Å². The Balaban J connectivity index is 1.58. The van der Waals surface area contributed by atoms with Gasteiger partial charge in [-0.05, 0) is 25.0 Å². The van der Waals surface area contributed by atoms with Crippen molar-refractivity contribution < 1.29 is 18.0 Å². The number of aryl methyl sites for hydroxylation is 1. The Kier molecular flexibility index (Phi) is 4.28. The van der Waals surface area contributed by atoms with Crippen molar-refractivity contribution in [1.29, 1.82) is 0 Å². The van der Waals surface area contributed by atoms with Gasteiger partial charge in [0.05, 0.1) is 17.0 Å². The van der Waals surface area contributed by atoms with Crippen molar-refractivity contribution in [2.24, 2.45) is 5.92 Å². The molecular formula is C16H18F3N3O. The average molecular weight is 325 g/mol. The van der Waals surface area contributed by atoms with E-state index in [1.807, 2.05) is 24.3 Å². The van der Waals surface area contributed by atoms with Gasteiger partial charge in [0.15, 0.2) is 0 Å². The summed E-state index contributed by atoms with van der Waals surface area (Å²) in [6.07, 6.45) is -3.14. The minimum Gasteiger partial charge on any atom is -0.342 e. The van der Waals surface area contributed by atoms with Crippen LogP contribution in [0.3, 0.4) is 0 Å². The third-order valence-electron chi connectivity index (χ3n) is 4.25. The van der Waals surface area contributed by atoms with Crippen LogP contribution in [0.25, 0.3) is 11.0 Å². The number of benzene rings is 1. The van der Waals surface area contributed by atoms with Gasteiger partial charge in [0.1, 0.15) is 5.82 Å². The molecule has 23 heavy (non-hydrogen) atoms. The molecule has 0 saturated carbocycles. The molecule has 1 aliphatic heterocycles. The summed E-state index contributed by atoms with van der Waals surface area (Å²) in [6, 6.07) is 7.53. The van der Waals surface area contributed by atoms with Crippen LogP contribution in [-0.2, 0) is 11.2 Å². The number of hydrogen-bond acceptors (Lipinski definition) is 2. The van der Waals surface area contributed by atoms with E-state index in [0.29, 0.717) is 25.2 Å². The predicted molar refractivity (Wildman–Crippen MR) is 79.8 cm³/mol. The van der Waals surface area contributed by atoms with Gasteiger partial charge in [-0.3, -0.25) is 4.79 Å². The summed E-state index contributed by atoms with van der Waals surface area (Å²) in [5.74, 6) is -0.949. The Morgan fingerprint density at radius 3 is 2.87 bits per heavy atom. The van der Waals surface area contributed by atoms with Crippen molar-refractivity contribution in [3.05, 3.63) is 30.1 Å². The van der Waals surface area contributed by atoms with Gasteiger partial charge in [0.2, 0.25) is 5.91 Å². The first-order chi connectivity index (χ1) is 10.9. The molecule has 1 saturated heterocycles. The fraction of sp³-hybridized carbons (Fsp3) is 0.500. The van der Waals surface area contributed by atoms with Crippen molar-refractivity contribution in [2.45, 2.75) is 31.9 Å². The molecule has 0 radical (unpaired) electrons. The summed E-state index contributed by atoms with van der Waals surface area (Å²) >= 11 is 0. The zero-order chi connectivity index (χ0) is 16.4. The van der Waals surface area contributed by atoms with Gasteiger partial charge in [0, 0.05) is 25.9 Å². The summed E-state index contributed by atoms with van der Waals surface area (Å²) in [4.78, 5) is 21.0. The first kappa shape index (κ1) is 15.8. The average Bonchev–Trinajstić information content (AvgIpc) is 2.95. The fourth-order valence-corrected chi connectivity index (χ4v) is 2.98. The Morgan fingerprint density at radius 1 is 1.35 bits per heavy atom. The lowest BCUT2D eigenvalue weighted by atomic mass is 9.97. The van der Waals surface area contributed by atoms with Crippen molar-refractivity contribution in [3.8, 4) is 0 Å². The monoisotopic (exact) mass is 325 g/mol. The van der Waals surface area contributed by atoms with E-state index >= 15 is 0 Å². The van der Waals surface area contributed by atoms with Crippen molar-refractivity contribution >= 4 is 16.9 Å².